The number of amides is 1. The Morgan fingerprint density at radius 2 is 1.68 bits per heavy atom. The predicted molar refractivity (Wildman–Crippen MR) is 90.9 cm³/mol. The molecule has 0 fully saturated rings. The third-order valence-electron chi connectivity index (χ3n) is 3.55. The Labute approximate surface area is 139 Å². The molecule has 0 unspecified atom stereocenters. The lowest BCUT2D eigenvalue weighted by Crippen LogP contribution is -2.50. The lowest BCUT2D eigenvalue weighted by Gasteiger charge is -2.26. The number of hydrogen-bond acceptors (Lipinski definition) is 4. The Hall–Kier alpha value is -1.46. The number of hydrogen-bond donors (Lipinski definition) is 2. The second kappa shape index (κ2) is 10.3. The van der Waals surface area contributed by atoms with Gasteiger partial charge in [-0.15, -0.1) is 12.4 Å². The number of benzene rings is 1. The van der Waals surface area contributed by atoms with E-state index in [9.17, 15) is 4.79 Å². The first kappa shape index (κ1) is 20.5. The van der Waals surface area contributed by atoms with E-state index in [2.05, 4.69) is 5.32 Å². The third kappa shape index (κ3) is 6.54. The second-order valence-corrected chi connectivity index (χ2v) is 5.01. The van der Waals surface area contributed by atoms with Crippen molar-refractivity contribution in [3.8, 4) is 11.5 Å². The van der Waals surface area contributed by atoms with Gasteiger partial charge in [-0.1, -0.05) is 26.0 Å². The smallest absolute Gasteiger partial charge is 0.258 e. The molecule has 126 valence electrons. The van der Waals surface area contributed by atoms with Crippen molar-refractivity contribution in [1.29, 1.82) is 0 Å². The first-order valence-corrected chi connectivity index (χ1v) is 7.44. The van der Waals surface area contributed by atoms with Crippen molar-refractivity contribution < 1.29 is 14.3 Å². The number of ether oxygens (including phenoxy) is 2. The zero-order valence-electron chi connectivity index (χ0n) is 13.6. The molecule has 5 nitrogen and oxygen atoms in total. The van der Waals surface area contributed by atoms with Crippen LogP contribution in [0, 0.1) is 0 Å². The molecule has 1 amide bonds. The van der Waals surface area contributed by atoms with E-state index in [4.69, 9.17) is 15.2 Å². The van der Waals surface area contributed by atoms with Gasteiger partial charge in [0.25, 0.3) is 5.91 Å². The van der Waals surface area contributed by atoms with Crippen molar-refractivity contribution in [2.75, 3.05) is 19.8 Å². The molecule has 1 aromatic rings. The van der Waals surface area contributed by atoms with Crippen molar-refractivity contribution in [1.82, 2.24) is 5.32 Å². The van der Waals surface area contributed by atoms with Gasteiger partial charge in [-0.3, -0.25) is 4.79 Å². The Morgan fingerprint density at radius 3 is 2.18 bits per heavy atom. The van der Waals surface area contributed by atoms with Gasteiger partial charge in [-0.25, -0.2) is 0 Å². The van der Waals surface area contributed by atoms with Crippen LogP contribution < -0.4 is 20.5 Å². The van der Waals surface area contributed by atoms with E-state index in [0.29, 0.717) is 24.7 Å². The van der Waals surface area contributed by atoms with Crippen LogP contribution in [0.2, 0.25) is 0 Å². The van der Waals surface area contributed by atoms with Gasteiger partial charge in [0.05, 0.1) is 6.61 Å². The van der Waals surface area contributed by atoms with Crippen LogP contribution in [0.3, 0.4) is 0 Å². The largest absolute Gasteiger partial charge is 0.490 e. The van der Waals surface area contributed by atoms with E-state index < -0.39 is 0 Å². The second-order valence-electron chi connectivity index (χ2n) is 5.01. The topological polar surface area (TPSA) is 73.6 Å². The molecule has 0 radical (unpaired) electrons. The summed E-state index contributed by atoms with van der Waals surface area (Å²) in [6, 6.07) is 7.30. The van der Waals surface area contributed by atoms with Crippen molar-refractivity contribution >= 4 is 18.3 Å². The molecule has 0 bridgehead atoms. The van der Waals surface area contributed by atoms with Crippen LogP contribution in [0.5, 0.6) is 11.5 Å². The average molecular weight is 331 g/mol. The van der Waals surface area contributed by atoms with Gasteiger partial charge in [0.2, 0.25) is 0 Å². The van der Waals surface area contributed by atoms with Gasteiger partial charge in [-0.05, 0) is 31.9 Å². The molecule has 0 aliphatic rings. The van der Waals surface area contributed by atoms with E-state index >= 15 is 0 Å². The minimum Gasteiger partial charge on any atom is -0.490 e. The van der Waals surface area contributed by atoms with Gasteiger partial charge in [0, 0.05) is 12.1 Å². The molecule has 0 atom stereocenters. The first-order chi connectivity index (χ1) is 10.0. The van der Waals surface area contributed by atoms with E-state index in [1.54, 1.807) is 6.07 Å². The fourth-order valence-electron chi connectivity index (χ4n) is 1.81. The minimum atomic E-state index is -0.348. The maximum absolute atomic E-state index is 11.8. The lowest BCUT2D eigenvalue weighted by atomic mass is 9.94. The SMILES string of the molecule is CCOc1ccccc1OCC(=O)NCC(N)(CC)CC.Cl. The predicted octanol–water partition coefficient (Wildman–Crippen LogP) is 2.52. The average Bonchev–Trinajstić information content (AvgIpc) is 2.52. The molecule has 0 spiro atoms. The highest BCUT2D eigenvalue weighted by molar-refractivity contribution is 5.85. The van der Waals surface area contributed by atoms with Crippen LogP contribution >= 0.6 is 12.4 Å². The van der Waals surface area contributed by atoms with Crippen LogP contribution in [0.25, 0.3) is 0 Å². The number of nitrogens with two attached hydrogens (primary N) is 1. The summed E-state index contributed by atoms with van der Waals surface area (Å²) >= 11 is 0. The Kier molecular flexibility index (Phi) is 9.61. The summed E-state index contributed by atoms with van der Waals surface area (Å²) in [6.07, 6.45) is 1.63. The fourth-order valence-corrected chi connectivity index (χ4v) is 1.81. The Morgan fingerprint density at radius 1 is 1.14 bits per heavy atom. The fraction of sp³-hybridized carbons (Fsp3) is 0.562. The molecule has 3 N–H and O–H groups in total. The third-order valence-corrected chi connectivity index (χ3v) is 3.55. The summed E-state index contributed by atoms with van der Waals surface area (Å²) in [6.45, 7) is 6.90. The normalized spacial score (nSPS) is 10.5. The summed E-state index contributed by atoms with van der Waals surface area (Å²) in [5.74, 6) is 1.03. The van der Waals surface area contributed by atoms with Gasteiger partial charge in [-0.2, -0.15) is 0 Å². The number of carbonyl (C=O) groups excluding carboxylic acids is 1. The molecule has 1 rings (SSSR count). The molecular weight excluding hydrogens is 304 g/mol. The molecule has 0 heterocycles. The van der Waals surface area contributed by atoms with E-state index in [0.717, 1.165) is 12.8 Å². The van der Waals surface area contributed by atoms with Gasteiger partial charge >= 0.3 is 0 Å². The van der Waals surface area contributed by atoms with Crippen LogP contribution in [0.4, 0.5) is 0 Å². The number of carbonyl (C=O) groups is 1. The summed E-state index contributed by atoms with van der Waals surface area (Å²) in [5.41, 5.74) is 5.79. The zero-order valence-corrected chi connectivity index (χ0v) is 14.4. The summed E-state index contributed by atoms with van der Waals surface area (Å²) in [5, 5.41) is 2.82. The zero-order chi connectivity index (χ0) is 15.7. The molecular formula is C16H27ClN2O3. The van der Waals surface area contributed by atoms with Gasteiger partial charge in [0.1, 0.15) is 0 Å². The molecule has 0 aliphatic carbocycles. The summed E-state index contributed by atoms with van der Waals surface area (Å²) in [4.78, 5) is 11.8. The minimum absolute atomic E-state index is 0. The number of nitrogens with one attached hydrogen (secondary N) is 1. The Bertz CT molecular complexity index is 451. The highest BCUT2D eigenvalue weighted by Crippen LogP contribution is 2.26. The highest BCUT2D eigenvalue weighted by Gasteiger charge is 2.20. The molecule has 22 heavy (non-hydrogen) atoms. The van der Waals surface area contributed by atoms with E-state index in [-0.39, 0.29) is 30.5 Å². The van der Waals surface area contributed by atoms with Crippen LogP contribution in [-0.4, -0.2) is 31.2 Å². The quantitative estimate of drug-likeness (QED) is 0.729. The highest BCUT2D eigenvalue weighted by atomic mass is 35.5. The molecule has 1 aromatic carbocycles. The number of halogens is 1. The van der Waals surface area contributed by atoms with E-state index in [1.165, 1.54) is 0 Å². The van der Waals surface area contributed by atoms with Crippen molar-refractivity contribution in [3.63, 3.8) is 0 Å². The Balaban J connectivity index is 0.00000441. The molecule has 0 aromatic heterocycles. The van der Waals surface area contributed by atoms with Crippen LogP contribution in [0.1, 0.15) is 33.6 Å². The van der Waals surface area contributed by atoms with Crippen LogP contribution in [0.15, 0.2) is 24.3 Å². The molecule has 6 heteroatoms. The summed E-state index contributed by atoms with van der Waals surface area (Å²) in [7, 11) is 0. The van der Waals surface area contributed by atoms with E-state index in [1.807, 2.05) is 39.0 Å². The molecule has 0 saturated carbocycles. The lowest BCUT2D eigenvalue weighted by molar-refractivity contribution is -0.123. The number of para-hydroxylation sites is 2. The summed E-state index contributed by atoms with van der Waals surface area (Å²) < 4.78 is 10.9. The van der Waals surface area contributed by atoms with Gasteiger partial charge in [0.15, 0.2) is 18.1 Å². The standard InChI is InChI=1S/C16H26N2O3.ClH/c1-4-16(17,5-2)12-18-15(19)11-21-14-10-8-7-9-13(14)20-6-3;/h7-10H,4-6,11-12,17H2,1-3H3,(H,18,19);1H. The molecule has 0 aliphatic heterocycles. The molecule has 0 saturated heterocycles. The van der Waals surface area contributed by atoms with Crippen molar-refractivity contribution in [2.45, 2.75) is 39.2 Å². The van der Waals surface area contributed by atoms with Crippen molar-refractivity contribution in [2.24, 2.45) is 5.73 Å². The monoisotopic (exact) mass is 330 g/mol. The maximum atomic E-state index is 11.8. The number of rotatable bonds is 9. The maximum Gasteiger partial charge on any atom is 0.258 e. The van der Waals surface area contributed by atoms with Crippen LogP contribution in [-0.2, 0) is 4.79 Å². The van der Waals surface area contributed by atoms with Gasteiger partial charge < -0.3 is 20.5 Å². The first-order valence-electron chi connectivity index (χ1n) is 7.44. The van der Waals surface area contributed by atoms with Crippen molar-refractivity contribution in [3.05, 3.63) is 24.3 Å².